The maximum absolute atomic E-state index is 14.4. The highest BCUT2D eigenvalue weighted by atomic mass is 19.4. The SMILES string of the molecule is Cc1ccccc1-c1ncc(C(=O)c2c(C(=O)O)cc(CCC34CC5CC(CC(N)(C5)C3)C4)cc2C(F)(F)F)[nH]1. The number of carboxylic acids is 1. The van der Waals surface area contributed by atoms with Crippen LogP contribution in [0.2, 0.25) is 0 Å². The molecule has 2 aromatic carbocycles. The molecule has 1 aromatic heterocycles. The Hall–Kier alpha value is -3.46. The fourth-order valence-corrected chi connectivity index (χ4v) is 8.26. The minimum atomic E-state index is -4.92. The molecule has 40 heavy (non-hydrogen) atoms. The molecule has 0 spiro atoms. The number of aromatic carboxylic acids is 1. The molecule has 4 fully saturated rings. The predicted molar refractivity (Wildman–Crippen MR) is 143 cm³/mol. The number of carbonyl (C=O) groups is 2. The summed E-state index contributed by atoms with van der Waals surface area (Å²) in [6.07, 6.45) is 3.32. The lowest BCUT2D eigenvalue weighted by Gasteiger charge is -2.61. The topological polar surface area (TPSA) is 109 Å². The monoisotopic (exact) mass is 551 g/mol. The van der Waals surface area contributed by atoms with Crippen molar-refractivity contribution in [2.75, 3.05) is 0 Å². The molecular formula is C31H32F3N3O3. The van der Waals surface area contributed by atoms with Crippen LogP contribution in [0.15, 0.2) is 42.6 Å². The van der Waals surface area contributed by atoms with Gasteiger partial charge in [-0.05, 0) is 98.8 Å². The number of aryl methyl sites for hydroxylation is 2. The van der Waals surface area contributed by atoms with E-state index in [1.165, 1.54) is 12.5 Å². The van der Waals surface area contributed by atoms with Gasteiger partial charge in [-0.3, -0.25) is 4.79 Å². The third-order valence-electron chi connectivity index (χ3n) is 9.35. The molecule has 0 radical (unpaired) electrons. The van der Waals surface area contributed by atoms with Gasteiger partial charge >= 0.3 is 12.1 Å². The van der Waals surface area contributed by atoms with Gasteiger partial charge in [-0.15, -0.1) is 0 Å². The van der Waals surface area contributed by atoms with Gasteiger partial charge in [0.05, 0.1) is 22.9 Å². The summed E-state index contributed by atoms with van der Waals surface area (Å²) in [5, 5.41) is 9.97. The lowest BCUT2D eigenvalue weighted by Crippen LogP contribution is -2.60. The van der Waals surface area contributed by atoms with Crippen molar-refractivity contribution in [1.82, 2.24) is 9.97 Å². The van der Waals surface area contributed by atoms with Crippen molar-refractivity contribution in [2.45, 2.75) is 70.0 Å². The molecule has 0 amide bonds. The van der Waals surface area contributed by atoms with E-state index in [1.807, 2.05) is 19.1 Å². The van der Waals surface area contributed by atoms with Gasteiger partial charge in [0, 0.05) is 11.1 Å². The van der Waals surface area contributed by atoms with Crippen molar-refractivity contribution in [3.63, 3.8) is 0 Å². The fourth-order valence-electron chi connectivity index (χ4n) is 8.26. The molecule has 3 aromatic rings. The minimum absolute atomic E-state index is 0.0169. The molecule has 4 aliphatic carbocycles. The summed E-state index contributed by atoms with van der Waals surface area (Å²) in [6.45, 7) is 1.85. The number of halogens is 3. The molecule has 1 heterocycles. The van der Waals surface area contributed by atoms with Gasteiger partial charge in [0.25, 0.3) is 0 Å². The summed E-state index contributed by atoms with van der Waals surface area (Å²) in [4.78, 5) is 32.7. The lowest BCUT2D eigenvalue weighted by molar-refractivity contribution is -0.138. The Balaban J connectivity index is 1.34. The van der Waals surface area contributed by atoms with Crippen LogP contribution in [0.4, 0.5) is 13.2 Å². The molecule has 2 unspecified atom stereocenters. The summed E-state index contributed by atoms with van der Waals surface area (Å²) in [6, 6.07) is 9.43. The second-order valence-corrected chi connectivity index (χ2v) is 12.5. The Morgan fingerprint density at radius 1 is 1.12 bits per heavy atom. The van der Waals surface area contributed by atoms with E-state index in [2.05, 4.69) is 9.97 Å². The van der Waals surface area contributed by atoms with Crippen molar-refractivity contribution in [3.05, 3.63) is 76.1 Å². The Morgan fingerprint density at radius 2 is 1.82 bits per heavy atom. The zero-order valence-electron chi connectivity index (χ0n) is 22.3. The van der Waals surface area contributed by atoms with Crippen LogP contribution in [0.1, 0.15) is 88.0 Å². The second-order valence-electron chi connectivity index (χ2n) is 12.5. The number of carbonyl (C=O) groups excluding carboxylic acids is 1. The molecule has 2 atom stereocenters. The van der Waals surface area contributed by atoms with Crippen LogP contribution in [0.25, 0.3) is 11.4 Å². The zero-order chi connectivity index (χ0) is 28.4. The number of hydrogen-bond acceptors (Lipinski definition) is 4. The molecule has 0 aliphatic heterocycles. The number of nitrogens with one attached hydrogen (secondary N) is 1. The summed E-state index contributed by atoms with van der Waals surface area (Å²) in [5.74, 6) is -1.20. The number of carboxylic acid groups (broad SMARTS) is 1. The van der Waals surface area contributed by atoms with Crippen molar-refractivity contribution in [2.24, 2.45) is 23.0 Å². The van der Waals surface area contributed by atoms with Gasteiger partial charge in [-0.2, -0.15) is 13.2 Å². The molecular weight excluding hydrogens is 519 g/mol. The molecule has 4 saturated carbocycles. The van der Waals surface area contributed by atoms with Crippen molar-refractivity contribution < 1.29 is 27.9 Å². The lowest BCUT2D eigenvalue weighted by atomic mass is 9.46. The number of aromatic amines is 1. The van der Waals surface area contributed by atoms with Crippen molar-refractivity contribution in [1.29, 1.82) is 0 Å². The molecule has 7 rings (SSSR count). The second kappa shape index (κ2) is 9.29. The highest BCUT2D eigenvalue weighted by molar-refractivity contribution is 6.14. The number of ketones is 1. The van der Waals surface area contributed by atoms with E-state index in [0.717, 1.165) is 49.9 Å². The molecule has 4 aliphatic rings. The summed E-state index contributed by atoms with van der Waals surface area (Å²) in [7, 11) is 0. The average molecular weight is 552 g/mol. The van der Waals surface area contributed by atoms with Crippen LogP contribution >= 0.6 is 0 Å². The smallest absolute Gasteiger partial charge is 0.417 e. The predicted octanol–water partition coefficient (Wildman–Crippen LogP) is 6.56. The quantitative estimate of drug-likeness (QED) is 0.288. The van der Waals surface area contributed by atoms with Crippen LogP contribution < -0.4 is 5.73 Å². The Kier molecular flexibility index (Phi) is 6.22. The Labute approximate surface area is 230 Å². The van der Waals surface area contributed by atoms with E-state index >= 15 is 0 Å². The maximum atomic E-state index is 14.4. The minimum Gasteiger partial charge on any atom is -0.478 e. The van der Waals surface area contributed by atoms with Crippen LogP contribution in [0.3, 0.4) is 0 Å². The summed E-state index contributed by atoms with van der Waals surface area (Å²) < 4.78 is 43.2. The van der Waals surface area contributed by atoms with E-state index in [9.17, 15) is 27.9 Å². The van der Waals surface area contributed by atoms with E-state index in [-0.39, 0.29) is 22.2 Å². The highest BCUT2D eigenvalue weighted by Gasteiger charge is 2.55. The molecule has 210 valence electrons. The first-order valence-corrected chi connectivity index (χ1v) is 13.8. The average Bonchev–Trinajstić information content (AvgIpc) is 3.35. The first kappa shape index (κ1) is 26.7. The third-order valence-corrected chi connectivity index (χ3v) is 9.35. The third kappa shape index (κ3) is 4.74. The van der Waals surface area contributed by atoms with Gasteiger partial charge in [-0.1, -0.05) is 24.3 Å². The normalized spacial score (nSPS) is 27.2. The molecule has 4 bridgehead atoms. The maximum Gasteiger partial charge on any atom is 0.417 e. The molecule has 6 nitrogen and oxygen atoms in total. The molecule has 0 saturated heterocycles. The van der Waals surface area contributed by atoms with Crippen molar-refractivity contribution >= 4 is 11.8 Å². The largest absolute Gasteiger partial charge is 0.478 e. The van der Waals surface area contributed by atoms with Crippen molar-refractivity contribution in [3.8, 4) is 11.4 Å². The Bertz CT molecular complexity index is 1490. The van der Waals surface area contributed by atoms with Gasteiger partial charge in [0.1, 0.15) is 11.5 Å². The standard InChI is InChI=1S/C31H32F3N3O3/c1-17-4-2-3-5-21(17)27-36-15-24(37-27)26(38)25-22(28(39)40)9-18(10-23(25)31(32,33)34)6-7-29-11-19-8-20(12-29)14-30(35,13-19)16-29/h2-5,9-10,15,19-20H,6-8,11-14,16,35H2,1H3,(H,36,37)(H,39,40). The Morgan fingerprint density at radius 3 is 2.45 bits per heavy atom. The van der Waals surface area contributed by atoms with E-state index in [1.54, 1.807) is 12.1 Å². The first-order chi connectivity index (χ1) is 18.8. The van der Waals surface area contributed by atoms with Gasteiger partial charge in [-0.25, -0.2) is 9.78 Å². The number of imidazole rings is 1. The number of hydrogen-bond donors (Lipinski definition) is 3. The van der Waals surface area contributed by atoms with Gasteiger partial charge in [0.2, 0.25) is 5.78 Å². The van der Waals surface area contributed by atoms with Gasteiger partial charge < -0.3 is 15.8 Å². The fraction of sp³-hybridized carbons (Fsp3) is 0.452. The van der Waals surface area contributed by atoms with E-state index < -0.39 is 34.6 Å². The molecule has 9 heteroatoms. The number of aromatic nitrogens is 2. The number of nitrogens with two attached hydrogens (primary N) is 1. The summed E-state index contributed by atoms with van der Waals surface area (Å²) >= 11 is 0. The number of alkyl halides is 3. The highest BCUT2D eigenvalue weighted by Crippen LogP contribution is 2.62. The van der Waals surface area contributed by atoms with Crippen LogP contribution in [0.5, 0.6) is 0 Å². The van der Waals surface area contributed by atoms with E-state index in [0.29, 0.717) is 36.1 Å². The molecule has 4 N–H and O–H groups in total. The zero-order valence-corrected chi connectivity index (χ0v) is 22.3. The number of benzene rings is 2. The van der Waals surface area contributed by atoms with Crippen LogP contribution in [0, 0.1) is 24.2 Å². The van der Waals surface area contributed by atoms with Crippen LogP contribution in [-0.4, -0.2) is 32.4 Å². The van der Waals surface area contributed by atoms with Crippen LogP contribution in [-0.2, 0) is 12.6 Å². The number of nitrogens with zero attached hydrogens (tertiary/aromatic N) is 1. The summed E-state index contributed by atoms with van der Waals surface area (Å²) in [5.41, 5.74) is 5.35. The number of H-pyrrole nitrogens is 1. The van der Waals surface area contributed by atoms with Gasteiger partial charge in [0.15, 0.2) is 0 Å². The first-order valence-electron chi connectivity index (χ1n) is 13.8. The number of rotatable bonds is 7. The van der Waals surface area contributed by atoms with E-state index in [4.69, 9.17) is 5.73 Å².